The highest BCUT2D eigenvalue weighted by atomic mass is 16.5. The van der Waals surface area contributed by atoms with E-state index in [9.17, 15) is 0 Å². The summed E-state index contributed by atoms with van der Waals surface area (Å²) in [6.07, 6.45) is 3.55. The van der Waals surface area contributed by atoms with Gasteiger partial charge in [-0.05, 0) is 19.2 Å². The van der Waals surface area contributed by atoms with E-state index in [0.29, 0.717) is 6.61 Å². The molecule has 100 valence electrons. The molecule has 0 fully saturated rings. The third-order valence-corrected chi connectivity index (χ3v) is 2.75. The first-order chi connectivity index (χ1) is 9.35. The van der Waals surface area contributed by atoms with Gasteiger partial charge in [0.05, 0.1) is 7.11 Å². The van der Waals surface area contributed by atoms with Crippen molar-refractivity contribution < 1.29 is 9.47 Å². The number of pyridine rings is 1. The summed E-state index contributed by atoms with van der Waals surface area (Å²) in [7, 11) is 3.56. The van der Waals surface area contributed by atoms with Crippen LogP contribution in [0.5, 0.6) is 11.5 Å². The molecule has 0 unspecified atom stereocenters. The van der Waals surface area contributed by atoms with Gasteiger partial charge in [0, 0.05) is 30.1 Å². The maximum Gasteiger partial charge on any atom is 0.166 e. The van der Waals surface area contributed by atoms with Crippen molar-refractivity contribution in [3.63, 3.8) is 0 Å². The van der Waals surface area contributed by atoms with Gasteiger partial charge in [0.25, 0.3) is 0 Å². The maximum absolute atomic E-state index is 5.89. The smallest absolute Gasteiger partial charge is 0.166 e. The molecule has 0 amide bonds. The van der Waals surface area contributed by atoms with Crippen molar-refractivity contribution in [3.05, 3.63) is 53.9 Å². The highest BCUT2D eigenvalue weighted by molar-refractivity contribution is 5.46. The molecule has 0 spiro atoms. The minimum atomic E-state index is 0.477. The third-order valence-electron chi connectivity index (χ3n) is 2.75. The lowest BCUT2D eigenvalue weighted by molar-refractivity contribution is 0.280. The van der Waals surface area contributed by atoms with Crippen LogP contribution in [0.25, 0.3) is 0 Å². The lowest BCUT2D eigenvalue weighted by Gasteiger charge is -2.14. The second-order valence-electron chi connectivity index (χ2n) is 4.13. The molecule has 0 aliphatic rings. The fourth-order valence-corrected chi connectivity index (χ4v) is 1.85. The summed E-state index contributed by atoms with van der Waals surface area (Å²) in [5, 5.41) is 3.13. The first-order valence-electron chi connectivity index (χ1n) is 6.17. The Morgan fingerprint density at radius 3 is 2.79 bits per heavy atom. The lowest BCUT2D eigenvalue weighted by atomic mass is 10.2. The average Bonchev–Trinajstić information content (AvgIpc) is 2.47. The lowest BCUT2D eigenvalue weighted by Crippen LogP contribution is -2.08. The summed E-state index contributed by atoms with van der Waals surface area (Å²) in [6.45, 7) is 1.21. The van der Waals surface area contributed by atoms with Crippen LogP contribution in [-0.4, -0.2) is 19.1 Å². The highest BCUT2D eigenvalue weighted by Gasteiger charge is 2.10. The van der Waals surface area contributed by atoms with E-state index in [1.807, 2.05) is 37.4 Å². The molecule has 0 radical (unpaired) electrons. The van der Waals surface area contributed by atoms with Crippen LogP contribution < -0.4 is 14.8 Å². The van der Waals surface area contributed by atoms with Gasteiger partial charge >= 0.3 is 0 Å². The predicted molar refractivity (Wildman–Crippen MR) is 74.3 cm³/mol. The van der Waals surface area contributed by atoms with Crippen LogP contribution in [0.1, 0.15) is 11.1 Å². The number of hydrogen-bond donors (Lipinski definition) is 1. The number of para-hydroxylation sites is 1. The van der Waals surface area contributed by atoms with Gasteiger partial charge in [0.1, 0.15) is 6.61 Å². The van der Waals surface area contributed by atoms with Gasteiger partial charge in [-0.15, -0.1) is 0 Å². The minimum absolute atomic E-state index is 0.477. The monoisotopic (exact) mass is 258 g/mol. The average molecular weight is 258 g/mol. The Morgan fingerprint density at radius 1 is 1.21 bits per heavy atom. The first kappa shape index (κ1) is 13.4. The van der Waals surface area contributed by atoms with Crippen molar-refractivity contribution >= 4 is 0 Å². The van der Waals surface area contributed by atoms with Gasteiger partial charge in [-0.3, -0.25) is 4.98 Å². The molecule has 0 saturated carbocycles. The van der Waals surface area contributed by atoms with Gasteiger partial charge < -0.3 is 14.8 Å². The Kier molecular flexibility index (Phi) is 4.75. The fourth-order valence-electron chi connectivity index (χ4n) is 1.85. The number of ether oxygens (including phenoxy) is 2. The molecule has 1 aromatic carbocycles. The Morgan fingerprint density at radius 2 is 2.11 bits per heavy atom. The highest BCUT2D eigenvalue weighted by Crippen LogP contribution is 2.31. The Hall–Kier alpha value is -2.07. The SMILES string of the molecule is CNCc1cccc(OC)c1OCc1cccnc1. The molecule has 0 saturated heterocycles. The van der Waals surface area contributed by atoms with Crippen LogP contribution in [0.15, 0.2) is 42.7 Å². The molecule has 0 aliphatic heterocycles. The standard InChI is InChI=1S/C15H18N2O2/c1-16-10-13-6-3-7-14(18-2)15(13)19-11-12-5-4-8-17-9-12/h3-9,16H,10-11H2,1-2H3. The predicted octanol–water partition coefficient (Wildman–Crippen LogP) is 2.39. The number of nitrogens with zero attached hydrogens (tertiary/aromatic N) is 1. The van der Waals surface area contributed by atoms with E-state index in [4.69, 9.17) is 9.47 Å². The zero-order chi connectivity index (χ0) is 13.5. The molecule has 4 heteroatoms. The second-order valence-corrected chi connectivity index (χ2v) is 4.13. The van der Waals surface area contributed by atoms with E-state index in [1.54, 1.807) is 19.5 Å². The number of hydrogen-bond acceptors (Lipinski definition) is 4. The van der Waals surface area contributed by atoms with E-state index < -0.39 is 0 Å². The molecule has 1 heterocycles. The number of methoxy groups -OCH3 is 1. The van der Waals surface area contributed by atoms with Crippen LogP contribution in [0.3, 0.4) is 0 Å². The van der Waals surface area contributed by atoms with E-state index in [0.717, 1.165) is 29.2 Å². The minimum Gasteiger partial charge on any atom is -0.493 e. The zero-order valence-corrected chi connectivity index (χ0v) is 11.2. The molecule has 19 heavy (non-hydrogen) atoms. The maximum atomic E-state index is 5.89. The van der Waals surface area contributed by atoms with Gasteiger partial charge in [0.15, 0.2) is 11.5 Å². The molecular formula is C15H18N2O2. The van der Waals surface area contributed by atoms with Gasteiger partial charge in [0.2, 0.25) is 0 Å². The summed E-state index contributed by atoms with van der Waals surface area (Å²) in [5.74, 6) is 1.53. The van der Waals surface area contributed by atoms with Gasteiger partial charge in [-0.25, -0.2) is 0 Å². The summed E-state index contributed by atoms with van der Waals surface area (Å²) in [6, 6.07) is 9.77. The van der Waals surface area contributed by atoms with Crippen LogP contribution in [0.4, 0.5) is 0 Å². The zero-order valence-electron chi connectivity index (χ0n) is 11.2. The van der Waals surface area contributed by atoms with Crippen molar-refractivity contribution in [1.82, 2.24) is 10.3 Å². The number of aromatic nitrogens is 1. The van der Waals surface area contributed by atoms with Crippen LogP contribution in [0, 0.1) is 0 Å². The molecule has 2 rings (SSSR count). The van der Waals surface area contributed by atoms with E-state index in [2.05, 4.69) is 10.3 Å². The third kappa shape index (κ3) is 3.45. The molecule has 0 bridgehead atoms. The molecule has 0 atom stereocenters. The van der Waals surface area contributed by atoms with Gasteiger partial charge in [-0.1, -0.05) is 18.2 Å². The van der Waals surface area contributed by atoms with Crippen LogP contribution in [0.2, 0.25) is 0 Å². The van der Waals surface area contributed by atoms with Gasteiger partial charge in [-0.2, -0.15) is 0 Å². The summed E-state index contributed by atoms with van der Waals surface area (Å²) >= 11 is 0. The van der Waals surface area contributed by atoms with Crippen molar-refractivity contribution in [3.8, 4) is 11.5 Å². The molecule has 4 nitrogen and oxygen atoms in total. The fraction of sp³-hybridized carbons (Fsp3) is 0.267. The Balaban J connectivity index is 2.17. The second kappa shape index (κ2) is 6.75. The summed E-state index contributed by atoms with van der Waals surface area (Å²) < 4.78 is 11.2. The summed E-state index contributed by atoms with van der Waals surface area (Å²) in [5.41, 5.74) is 2.11. The molecule has 0 aliphatic carbocycles. The van der Waals surface area contributed by atoms with E-state index in [-0.39, 0.29) is 0 Å². The quantitative estimate of drug-likeness (QED) is 0.864. The van der Waals surface area contributed by atoms with Crippen LogP contribution >= 0.6 is 0 Å². The number of rotatable bonds is 6. The number of benzene rings is 1. The van der Waals surface area contributed by atoms with Crippen molar-refractivity contribution in [2.24, 2.45) is 0 Å². The largest absolute Gasteiger partial charge is 0.493 e. The van der Waals surface area contributed by atoms with E-state index in [1.165, 1.54) is 0 Å². The molecular weight excluding hydrogens is 240 g/mol. The summed E-state index contributed by atoms with van der Waals surface area (Å²) in [4.78, 5) is 4.07. The topological polar surface area (TPSA) is 43.4 Å². The van der Waals surface area contributed by atoms with Crippen molar-refractivity contribution in [2.45, 2.75) is 13.2 Å². The van der Waals surface area contributed by atoms with Crippen molar-refractivity contribution in [1.29, 1.82) is 0 Å². The molecule has 1 aromatic heterocycles. The van der Waals surface area contributed by atoms with Crippen molar-refractivity contribution in [2.75, 3.05) is 14.2 Å². The number of nitrogens with one attached hydrogen (secondary N) is 1. The first-order valence-corrected chi connectivity index (χ1v) is 6.17. The Labute approximate surface area is 113 Å². The Bertz CT molecular complexity index is 515. The molecule has 1 N–H and O–H groups in total. The molecule has 2 aromatic rings. The van der Waals surface area contributed by atoms with E-state index >= 15 is 0 Å². The van der Waals surface area contributed by atoms with Crippen LogP contribution in [-0.2, 0) is 13.2 Å². The normalized spacial score (nSPS) is 10.2.